The minimum absolute atomic E-state index is 0.598. The van der Waals surface area contributed by atoms with Crippen molar-refractivity contribution in [2.75, 3.05) is 6.54 Å². The van der Waals surface area contributed by atoms with E-state index >= 15 is 0 Å². The third-order valence-electron chi connectivity index (χ3n) is 1.19. The van der Waals surface area contributed by atoms with Crippen molar-refractivity contribution in [3.05, 3.63) is 36.0 Å². The first-order valence-electron chi connectivity index (χ1n) is 3.39. The van der Waals surface area contributed by atoms with Gasteiger partial charge in [-0.15, -0.1) is 0 Å². The molecule has 0 spiro atoms. The largest absolute Gasteiger partial charge is 0.327 e. The molecule has 0 fully saturated rings. The zero-order valence-electron chi connectivity index (χ0n) is 6.72. The first-order valence-corrected chi connectivity index (χ1v) is 3.39. The van der Waals surface area contributed by atoms with Gasteiger partial charge in [0.1, 0.15) is 0 Å². The molecule has 0 aliphatic carbocycles. The Morgan fingerprint density at radius 2 is 2.10 bits per heavy atom. The van der Waals surface area contributed by atoms with Crippen molar-refractivity contribution in [2.45, 2.75) is 13.8 Å². The van der Waals surface area contributed by atoms with Gasteiger partial charge in [0.05, 0.1) is 0 Å². The van der Waals surface area contributed by atoms with Gasteiger partial charge in [-0.3, -0.25) is 0 Å². The van der Waals surface area contributed by atoms with E-state index in [1.165, 1.54) is 0 Å². The third-order valence-corrected chi connectivity index (χ3v) is 1.19. The fourth-order valence-corrected chi connectivity index (χ4v) is 0.531. The summed E-state index contributed by atoms with van der Waals surface area (Å²) < 4.78 is 0. The Morgan fingerprint density at radius 3 is 2.40 bits per heavy atom. The Hall–Kier alpha value is -0.820. The summed E-state index contributed by atoms with van der Waals surface area (Å²) in [6.07, 6.45) is 5.95. The molecule has 0 aliphatic rings. The van der Waals surface area contributed by atoms with Crippen LogP contribution in [-0.4, -0.2) is 6.54 Å². The standard InChI is InChI=1S/C9H15N/c1-4-9(7-10)6-5-8(2)3/h4-6H,2,7,10H2,1,3H3/b6-5-,9-4+. The van der Waals surface area contributed by atoms with Crippen molar-refractivity contribution in [3.63, 3.8) is 0 Å². The highest BCUT2D eigenvalue weighted by Gasteiger charge is 1.82. The Kier molecular flexibility index (Phi) is 4.59. The van der Waals surface area contributed by atoms with Gasteiger partial charge in [-0.05, 0) is 19.4 Å². The fraction of sp³-hybridized carbons (Fsp3) is 0.333. The summed E-state index contributed by atoms with van der Waals surface area (Å²) in [6, 6.07) is 0. The molecule has 0 atom stereocenters. The van der Waals surface area contributed by atoms with Crippen LogP contribution >= 0.6 is 0 Å². The van der Waals surface area contributed by atoms with Gasteiger partial charge >= 0.3 is 0 Å². The third kappa shape index (κ3) is 4.10. The van der Waals surface area contributed by atoms with Gasteiger partial charge in [0.25, 0.3) is 0 Å². The molecule has 0 heterocycles. The van der Waals surface area contributed by atoms with Crippen LogP contribution in [0.5, 0.6) is 0 Å². The molecular weight excluding hydrogens is 122 g/mol. The van der Waals surface area contributed by atoms with Crippen LogP contribution in [0.2, 0.25) is 0 Å². The van der Waals surface area contributed by atoms with E-state index in [2.05, 4.69) is 6.58 Å². The molecular formula is C9H15N. The molecule has 0 saturated heterocycles. The predicted molar refractivity (Wildman–Crippen MR) is 46.8 cm³/mol. The molecule has 0 aromatic carbocycles. The molecule has 0 saturated carbocycles. The summed E-state index contributed by atoms with van der Waals surface area (Å²) in [4.78, 5) is 0. The Balaban J connectivity index is 3.98. The number of rotatable bonds is 3. The Bertz CT molecular complexity index is 164. The van der Waals surface area contributed by atoms with Crippen molar-refractivity contribution in [1.82, 2.24) is 0 Å². The van der Waals surface area contributed by atoms with Gasteiger partial charge in [0.15, 0.2) is 0 Å². The highest BCUT2D eigenvalue weighted by Crippen LogP contribution is 1.97. The van der Waals surface area contributed by atoms with Crippen LogP contribution in [0.4, 0.5) is 0 Å². The lowest BCUT2D eigenvalue weighted by atomic mass is 10.2. The maximum Gasteiger partial charge on any atom is 0.0174 e. The highest BCUT2D eigenvalue weighted by molar-refractivity contribution is 5.25. The number of nitrogens with two attached hydrogens (primary N) is 1. The quantitative estimate of drug-likeness (QED) is 0.592. The fourth-order valence-electron chi connectivity index (χ4n) is 0.531. The van der Waals surface area contributed by atoms with Crippen molar-refractivity contribution in [3.8, 4) is 0 Å². The highest BCUT2D eigenvalue weighted by atomic mass is 14.5. The molecule has 56 valence electrons. The van der Waals surface area contributed by atoms with Crippen molar-refractivity contribution in [1.29, 1.82) is 0 Å². The zero-order valence-corrected chi connectivity index (χ0v) is 6.72. The van der Waals surface area contributed by atoms with Crippen molar-refractivity contribution >= 4 is 0 Å². The second-order valence-electron chi connectivity index (χ2n) is 2.25. The average molecular weight is 137 g/mol. The maximum absolute atomic E-state index is 5.42. The lowest BCUT2D eigenvalue weighted by molar-refractivity contribution is 1.18. The van der Waals surface area contributed by atoms with Gasteiger partial charge in [-0.1, -0.05) is 30.4 Å². The SMILES string of the molecule is C=C(C)/C=C\C(=C/C)CN. The van der Waals surface area contributed by atoms with Crippen LogP contribution in [0, 0.1) is 0 Å². The summed E-state index contributed by atoms with van der Waals surface area (Å²) in [6.45, 7) is 8.27. The van der Waals surface area contributed by atoms with Gasteiger partial charge in [0, 0.05) is 6.54 Å². The van der Waals surface area contributed by atoms with E-state index in [9.17, 15) is 0 Å². The molecule has 1 heteroatoms. The summed E-state index contributed by atoms with van der Waals surface area (Å²) in [5, 5.41) is 0. The van der Waals surface area contributed by atoms with Gasteiger partial charge in [0.2, 0.25) is 0 Å². The normalized spacial score (nSPS) is 12.5. The summed E-state index contributed by atoms with van der Waals surface area (Å²) >= 11 is 0. The smallest absolute Gasteiger partial charge is 0.0174 e. The van der Waals surface area contributed by atoms with E-state index in [-0.39, 0.29) is 0 Å². The first-order chi connectivity index (χ1) is 4.70. The minimum Gasteiger partial charge on any atom is -0.327 e. The van der Waals surface area contributed by atoms with Crippen LogP contribution in [0.15, 0.2) is 36.0 Å². The first kappa shape index (κ1) is 9.18. The van der Waals surface area contributed by atoms with E-state index in [4.69, 9.17) is 5.73 Å². The van der Waals surface area contributed by atoms with Crippen LogP contribution in [0.25, 0.3) is 0 Å². The second-order valence-corrected chi connectivity index (χ2v) is 2.25. The predicted octanol–water partition coefficient (Wildman–Crippen LogP) is 2.02. The molecule has 0 bridgehead atoms. The van der Waals surface area contributed by atoms with E-state index in [0.717, 1.165) is 11.1 Å². The molecule has 0 aromatic heterocycles. The monoisotopic (exact) mass is 137 g/mol. The maximum atomic E-state index is 5.42. The zero-order chi connectivity index (χ0) is 7.98. The lowest BCUT2D eigenvalue weighted by Crippen LogP contribution is -2.00. The van der Waals surface area contributed by atoms with E-state index in [0.29, 0.717) is 6.54 Å². The number of hydrogen-bond donors (Lipinski definition) is 1. The number of allylic oxidation sites excluding steroid dienone is 3. The van der Waals surface area contributed by atoms with Gasteiger partial charge in [-0.2, -0.15) is 0 Å². The summed E-state index contributed by atoms with van der Waals surface area (Å²) in [5.74, 6) is 0. The van der Waals surface area contributed by atoms with E-state index in [1.807, 2.05) is 32.1 Å². The average Bonchev–Trinajstić information content (AvgIpc) is 1.90. The van der Waals surface area contributed by atoms with Crippen molar-refractivity contribution in [2.24, 2.45) is 5.73 Å². The van der Waals surface area contributed by atoms with Crippen LogP contribution < -0.4 is 5.73 Å². The molecule has 0 radical (unpaired) electrons. The molecule has 0 unspecified atom stereocenters. The molecule has 2 N–H and O–H groups in total. The second kappa shape index (κ2) is 5.00. The van der Waals surface area contributed by atoms with Crippen LogP contribution in [0.3, 0.4) is 0 Å². The summed E-state index contributed by atoms with van der Waals surface area (Å²) in [5.41, 5.74) is 7.61. The van der Waals surface area contributed by atoms with Gasteiger partial charge in [-0.25, -0.2) is 0 Å². The molecule has 0 aliphatic heterocycles. The molecule has 0 rings (SSSR count). The lowest BCUT2D eigenvalue weighted by Gasteiger charge is -1.93. The van der Waals surface area contributed by atoms with Crippen LogP contribution in [-0.2, 0) is 0 Å². The molecule has 1 nitrogen and oxygen atoms in total. The molecule has 0 aromatic rings. The Morgan fingerprint density at radius 1 is 1.50 bits per heavy atom. The van der Waals surface area contributed by atoms with E-state index in [1.54, 1.807) is 0 Å². The topological polar surface area (TPSA) is 26.0 Å². The molecule has 0 amide bonds. The summed E-state index contributed by atoms with van der Waals surface area (Å²) in [7, 11) is 0. The van der Waals surface area contributed by atoms with E-state index < -0.39 is 0 Å². The molecule has 10 heavy (non-hydrogen) atoms. The minimum atomic E-state index is 0.598. The van der Waals surface area contributed by atoms with Crippen molar-refractivity contribution < 1.29 is 0 Å². The van der Waals surface area contributed by atoms with Crippen LogP contribution in [0.1, 0.15) is 13.8 Å². The van der Waals surface area contributed by atoms with Gasteiger partial charge < -0.3 is 5.73 Å². The number of hydrogen-bond acceptors (Lipinski definition) is 1. The Labute approximate surface area is 62.9 Å².